The maximum Gasteiger partial charge on any atom is 0.263 e. The Morgan fingerprint density at radius 1 is 1.17 bits per heavy atom. The molecule has 2 bridgehead atoms. The molecule has 0 unspecified atom stereocenters. The summed E-state index contributed by atoms with van der Waals surface area (Å²) >= 11 is 0. The monoisotopic (exact) mass is 416 g/mol. The molecule has 5 heterocycles. The Hall–Kier alpha value is -3.04. The van der Waals surface area contributed by atoms with Gasteiger partial charge in [-0.25, -0.2) is 14.4 Å². The molecule has 0 aromatic carbocycles. The number of amides is 1. The highest BCUT2D eigenvalue weighted by molar-refractivity contribution is 5.94. The molecule has 0 spiro atoms. The van der Waals surface area contributed by atoms with E-state index in [1.165, 1.54) is 11.2 Å². The van der Waals surface area contributed by atoms with Crippen LogP contribution >= 0.6 is 0 Å². The maximum atomic E-state index is 14.4. The molecular formula is C20H22F2N6O2. The van der Waals surface area contributed by atoms with Gasteiger partial charge in [0.05, 0.1) is 6.54 Å². The Labute approximate surface area is 171 Å². The minimum absolute atomic E-state index is 0.00644. The number of hydrogen-bond acceptors (Lipinski definition) is 6. The number of carbonyl (C=O) groups is 1. The molecule has 3 atom stereocenters. The van der Waals surface area contributed by atoms with E-state index < -0.39 is 17.9 Å². The van der Waals surface area contributed by atoms with Crippen molar-refractivity contribution in [2.45, 2.75) is 31.5 Å². The van der Waals surface area contributed by atoms with E-state index in [0.29, 0.717) is 32.6 Å². The maximum absolute atomic E-state index is 14.4. The predicted octanol–water partition coefficient (Wildman–Crippen LogP) is 1.17. The molecule has 8 nitrogen and oxygen atoms in total. The second kappa shape index (κ2) is 7.03. The van der Waals surface area contributed by atoms with Gasteiger partial charge in [0.15, 0.2) is 11.6 Å². The number of likely N-dealkylation sites (tertiary alicyclic amines) is 1. The largest absolute Gasteiger partial charge is 0.381 e. The average molecular weight is 416 g/mol. The first-order valence-corrected chi connectivity index (χ1v) is 10.1. The molecule has 2 aromatic heterocycles. The van der Waals surface area contributed by atoms with Crippen LogP contribution in [0.15, 0.2) is 23.3 Å². The Morgan fingerprint density at radius 3 is 2.77 bits per heavy atom. The zero-order valence-electron chi connectivity index (χ0n) is 16.3. The fourth-order valence-electron chi connectivity index (χ4n) is 4.95. The Morgan fingerprint density at radius 2 is 2.00 bits per heavy atom. The lowest BCUT2D eigenvalue weighted by Gasteiger charge is -2.43. The fourth-order valence-corrected chi connectivity index (χ4v) is 4.95. The molecule has 2 N–H and O–H groups in total. The van der Waals surface area contributed by atoms with E-state index in [4.69, 9.17) is 5.73 Å². The molecule has 2 fully saturated rings. The molecule has 0 aliphatic carbocycles. The predicted molar refractivity (Wildman–Crippen MR) is 106 cm³/mol. The van der Waals surface area contributed by atoms with E-state index >= 15 is 0 Å². The summed E-state index contributed by atoms with van der Waals surface area (Å²) in [4.78, 5) is 36.8. The molecule has 2 saturated heterocycles. The smallest absolute Gasteiger partial charge is 0.263 e. The lowest BCUT2D eigenvalue weighted by Crippen LogP contribution is -2.48. The van der Waals surface area contributed by atoms with Crippen molar-refractivity contribution >= 4 is 17.5 Å². The molecule has 0 radical (unpaired) electrons. The zero-order valence-corrected chi connectivity index (χ0v) is 16.3. The molecule has 5 rings (SSSR count). The van der Waals surface area contributed by atoms with Gasteiger partial charge in [0.25, 0.3) is 11.5 Å². The summed E-state index contributed by atoms with van der Waals surface area (Å²) in [6, 6.07) is 3.34. The summed E-state index contributed by atoms with van der Waals surface area (Å²) in [6.07, 6.45) is 1.40. The Balaban J connectivity index is 1.45. The number of fused-ring (bicyclic) bond motifs is 4. The second-order valence-electron chi connectivity index (χ2n) is 8.32. The summed E-state index contributed by atoms with van der Waals surface area (Å²) in [5, 5.41) is 0. The van der Waals surface area contributed by atoms with Crippen molar-refractivity contribution in [2.24, 2.45) is 5.92 Å². The van der Waals surface area contributed by atoms with E-state index in [1.54, 1.807) is 16.7 Å². The number of hydrogen-bond donors (Lipinski definition) is 1. The highest BCUT2D eigenvalue weighted by atomic mass is 19.1. The lowest BCUT2D eigenvalue weighted by molar-refractivity contribution is 0.0779. The van der Waals surface area contributed by atoms with Gasteiger partial charge in [-0.2, -0.15) is 4.39 Å². The van der Waals surface area contributed by atoms with Crippen molar-refractivity contribution in [3.8, 4) is 0 Å². The summed E-state index contributed by atoms with van der Waals surface area (Å²) in [6.45, 7) is 1.83. The van der Waals surface area contributed by atoms with Crippen molar-refractivity contribution in [1.29, 1.82) is 0 Å². The number of carbonyl (C=O) groups excluding carboxylic acids is 1. The first-order valence-electron chi connectivity index (χ1n) is 10.1. The third-order valence-corrected chi connectivity index (χ3v) is 6.35. The van der Waals surface area contributed by atoms with Crippen LogP contribution in [0.4, 0.5) is 20.4 Å². The summed E-state index contributed by atoms with van der Waals surface area (Å²) in [5.74, 6) is -0.940. The number of alkyl halides is 1. The van der Waals surface area contributed by atoms with Gasteiger partial charge in [-0.3, -0.25) is 9.59 Å². The first-order chi connectivity index (χ1) is 14.4. The normalized spacial score (nSPS) is 25.3. The van der Waals surface area contributed by atoms with Gasteiger partial charge < -0.3 is 20.1 Å². The number of nitrogen functional groups attached to an aromatic ring is 1. The molecule has 0 saturated carbocycles. The van der Waals surface area contributed by atoms with Crippen molar-refractivity contribution in [2.75, 3.05) is 36.8 Å². The van der Waals surface area contributed by atoms with Crippen LogP contribution in [-0.2, 0) is 6.54 Å². The van der Waals surface area contributed by atoms with Crippen LogP contribution in [0, 0.1) is 11.7 Å². The van der Waals surface area contributed by atoms with E-state index in [2.05, 4.69) is 9.97 Å². The van der Waals surface area contributed by atoms with E-state index in [1.807, 2.05) is 4.90 Å². The number of nitrogens with two attached hydrogens (primary N) is 1. The quantitative estimate of drug-likeness (QED) is 0.789. The minimum Gasteiger partial charge on any atom is -0.381 e. The molecular weight excluding hydrogens is 394 g/mol. The van der Waals surface area contributed by atoms with Gasteiger partial charge in [0, 0.05) is 37.8 Å². The standard InChI is InChI=1S/C20H22F2N6O2/c21-13-3-4-26(9-13)19(29)14-1-2-15-12-5-11(7-28(15)20(14)30)6-27(8-12)18-16(22)17(23)24-10-25-18/h1-2,10-13H,3-9H2,(H2,23,24,25)/t11-,12+,13+/m0/s1. The van der Waals surface area contributed by atoms with Crippen LogP contribution in [0.2, 0.25) is 0 Å². The van der Waals surface area contributed by atoms with Crippen molar-refractivity contribution in [3.05, 3.63) is 45.9 Å². The van der Waals surface area contributed by atoms with E-state index in [9.17, 15) is 18.4 Å². The average Bonchev–Trinajstić information content (AvgIpc) is 3.16. The van der Waals surface area contributed by atoms with Gasteiger partial charge >= 0.3 is 0 Å². The molecule has 3 aliphatic heterocycles. The topological polar surface area (TPSA) is 97.3 Å². The molecule has 2 aromatic rings. The molecule has 158 valence electrons. The summed E-state index contributed by atoms with van der Waals surface area (Å²) in [7, 11) is 0. The van der Waals surface area contributed by atoms with Crippen LogP contribution < -0.4 is 16.2 Å². The van der Waals surface area contributed by atoms with Crippen molar-refractivity contribution in [1.82, 2.24) is 19.4 Å². The van der Waals surface area contributed by atoms with E-state index in [-0.39, 0.29) is 41.1 Å². The fraction of sp³-hybridized carbons (Fsp3) is 0.500. The van der Waals surface area contributed by atoms with Crippen LogP contribution in [0.25, 0.3) is 0 Å². The SMILES string of the molecule is Nc1ncnc(N2C[C@@H]3C[C@H](C2)c2ccc(C(=O)N4CC[C@@H](F)C4)c(=O)n2C3)c1F. The number of piperidine rings is 1. The van der Waals surface area contributed by atoms with Gasteiger partial charge in [-0.1, -0.05) is 0 Å². The van der Waals surface area contributed by atoms with Crippen LogP contribution in [0.5, 0.6) is 0 Å². The minimum atomic E-state index is -1.03. The third-order valence-electron chi connectivity index (χ3n) is 6.35. The zero-order chi connectivity index (χ0) is 21.0. The highest BCUT2D eigenvalue weighted by Crippen LogP contribution is 2.37. The van der Waals surface area contributed by atoms with Crippen molar-refractivity contribution in [3.63, 3.8) is 0 Å². The molecule has 30 heavy (non-hydrogen) atoms. The molecule has 10 heteroatoms. The molecule has 3 aliphatic rings. The van der Waals surface area contributed by atoms with Crippen molar-refractivity contribution < 1.29 is 13.6 Å². The summed E-state index contributed by atoms with van der Waals surface area (Å²) < 4.78 is 29.6. The Kier molecular flexibility index (Phi) is 4.44. The van der Waals surface area contributed by atoms with Gasteiger partial charge in [0.2, 0.25) is 5.82 Å². The second-order valence-corrected chi connectivity index (χ2v) is 8.32. The number of aromatic nitrogens is 3. The molecule has 1 amide bonds. The lowest BCUT2D eigenvalue weighted by atomic mass is 9.83. The van der Waals surface area contributed by atoms with Crippen LogP contribution in [0.3, 0.4) is 0 Å². The number of anilines is 2. The van der Waals surface area contributed by atoms with Gasteiger partial charge in [0.1, 0.15) is 18.1 Å². The third kappa shape index (κ3) is 3.01. The number of halogens is 2. The first kappa shape index (κ1) is 19.0. The van der Waals surface area contributed by atoms with Crippen LogP contribution in [0.1, 0.15) is 34.8 Å². The van der Waals surface area contributed by atoms with Gasteiger partial charge in [-0.05, 0) is 30.9 Å². The summed E-state index contributed by atoms with van der Waals surface area (Å²) in [5.41, 5.74) is 6.16. The Bertz CT molecular complexity index is 1070. The highest BCUT2D eigenvalue weighted by Gasteiger charge is 2.37. The van der Waals surface area contributed by atoms with Gasteiger partial charge in [-0.15, -0.1) is 0 Å². The number of nitrogens with zero attached hydrogens (tertiary/aromatic N) is 5. The van der Waals surface area contributed by atoms with Crippen LogP contribution in [-0.4, -0.2) is 57.7 Å². The number of pyridine rings is 1. The van der Waals surface area contributed by atoms with E-state index in [0.717, 1.165) is 12.1 Å². The number of rotatable bonds is 2.